The van der Waals surface area contributed by atoms with Crippen molar-refractivity contribution in [3.63, 3.8) is 0 Å². The molecular weight excluding hydrogens is 300 g/mol. The number of aromatic hydroxyl groups is 1. The molecule has 0 heterocycles. The van der Waals surface area contributed by atoms with Crippen molar-refractivity contribution < 1.29 is 13.5 Å². The maximum atomic E-state index is 12.2. The molecule has 6 heteroatoms. The molecule has 0 atom stereocenters. The van der Waals surface area contributed by atoms with Gasteiger partial charge in [0, 0.05) is 11.1 Å². The molecular formula is C16H16N2O3S. The van der Waals surface area contributed by atoms with Gasteiger partial charge in [0.2, 0.25) is 0 Å². The summed E-state index contributed by atoms with van der Waals surface area (Å²) in [6, 6.07) is 11.8. The second kappa shape index (κ2) is 5.46. The number of phenols is 1. The Balaban J connectivity index is 1.87. The van der Waals surface area contributed by atoms with Crippen molar-refractivity contribution in [3.8, 4) is 5.75 Å². The van der Waals surface area contributed by atoms with E-state index in [9.17, 15) is 13.5 Å². The third-order valence-electron chi connectivity index (χ3n) is 3.71. The topological polar surface area (TPSA) is 78.8 Å². The van der Waals surface area contributed by atoms with Crippen LogP contribution in [-0.4, -0.2) is 19.2 Å². The van der Waals surface area contributed by atoms with Crippen molar-refractivity contribution in [1.82, 2.24) is 4.83 Å². The van der Waals surface area contributed by atoms with Crippen LogP contribution in [0.2, 0.25) is 0 Å². The second-order valence-electron chi connectivity index (χ2n) is 5.27. The van der Waals surface area contributed by atoms with Crippen LogP contribution in [0.4, 0.5) is 0 Å². The van der Waals surface area contributed by atoms with E-state index >= 15 is 0 Å². The zero-order chi connectivity index (χ0) is 15.7. The second-order valence-corrected chi connectivity index (χ2v) is 6.93. The van der Waals surface area contributed by atoms with Crippen molar-refractivity contribution >= 4 is 15.7 Å². The molecule has 2 N–H and O–H groups in total. The van der Waals surface area contributed by atoms with Crippen molar-refractivity contribution in [3.05, 3.63) is 59.2 Å². The summed E-state index contributed by atoms with van der Waals surface area (Å²) in [5, 5.41) is 13.8. The average Bonchev–Trinajstić information content (AvgIpc) is 2.90. The minimum absolute atomic E-state index is 0.177. The van der Waals surface area contributed by atoms with E-state index in [-0.39, 0.29) is 10.6 Å². The number of sulfonamides is 1. The van der Waals surface area contributed by atoms with Gasteiger partial charge in [-0.1, -0.05) is 29.8 Å². The molecule has 22 heavy (non-hydrogen) atoms. The van der Waals surface area contributed by atoms with Gasteiger partial charge in [0.1, 0.15) is 5.75 Å². The summed E-state index contributed by atoms with van der Waals surface area (Å²) in [5.74, 6) is 0.226. The Labute approximate surface area is 129 Å². The molecule has 0 amide bonds. The van der Waals surface area contributed by atoms with Crippen LogP contribution in [0, 0.1) is 6.92 Å². The highest BCUT2D eigenvalue weighted by molar-refractivity contribution is 7.89. The van der Waals surface area contributed by atoms with Gasteiger partial charge in [0.15, 0.2) is 0 Å². The summed E-state index contributed by atoms with van der Waals surface area (Å²) >= 11 is 0. The lowest BCUT2D eigenvalue weighted by Gasteiger charge is -2.06. The number of hydrazone groups is 1. The minimum Gasteiger partial charge on any atom is -0.508 e. The number of hydrogen-bond acceptors (Lipinski definition) is 4. The molecule has 0 aromatic heterocycles. The summed E-state index contributed by atoms with van der Waals surface area (Å²) in [7, 11) is -3.68. The highest BCUT2D eigenvalue weighted by Crippen LogP contribution is 2.29. The van der Waals surface area contributed by atoms with Gasteiger partial charge in [0.25, 0.3) is 10.0 Å². The van der Waals surface area contributed by atoms with Crippen molar-refractivity contribution in [2.45, 2.75) is 24.7 Å². The lowest BCUT2D eigenvalue weighted by atomic mass is 10.1. The van der Waals surface area contributed by atoms with Gasteiger partial charge >= 0.3 is 0 Å². The monoisotopic (exact) mass is 316 g/mol. The van der Waals surface area contributed by atoms with Gasteiger partial charge in [-0.15, -0.1) is 0 Å². The van der Waals surface area contributed by atoms with Gasteiger partial charge in [-0.3, -0.25) is 0 Å². The molecule has 2 aromatic rings. The number of rotatable bonds is 3. The van der Waals surface area contributed by atoms with Gasteiger partial charge in [-0.05, 0) is 38.0 Å². The molecule has 0 saturated carbocycles. The molecule has 1 aliphatic rings. The van der Waals surface area contributed by atoms with Gasteiger partial charge in [-0.2, -0.15) is 18.4 Å². The van der Waals surface area contributed by atoms with E-state index in [1.807, 2.05) is 13.0 Å². The fourth-order valence-corrected chi connectivity index (χ4v) is 3.32. The average molecular weight is 316 g/mol. The highest BCUT2D eigenvalue weighted by atomic mass is 32.2. The van der Waals surface area contributed by atoms with Gasteiger partial charge in [-0.25, -0.2) is 0 Å². The largest absolute Gasteiger partial charge is 0.508 e. The number of fused-ring (bicyclic) bond motifs is 1. The van der Waals surface area contributed by atoms with Crippen LogP contribution in [0.15, 0.2) is 52.5 Å². The minimum atomic E-state index is -3.68. The number of hydrogen-bond donors (Lipinski definition) is 2. The summed E-state index contributed by atoms with van der Waals surface area (Å²) in [6.45, 7) is 1.89. The number of nitrogens with one attached hydrogen (secondary N) is 1. The molecule has 0 aliphatic heterocycles. The normalized spacial score (nSPS) is 15.8. The Hall–Kier alpha value is -2.34. The molecule has 2 aromatic carbocycles. The third-order valence-corrected chi connectivity index (χ3v) is 4.93. The first-order valence-electron chi connectivity index (χ1n) is 6.93. The quantitative estimate of drug-likeness (QED) is 0.853. The Kier molecular flexibility index (Phi) is 3.62. The summed E-state index contributed by atoms with van der Waals surface area (Å²) in [5.41, 5.74) is 3.24. The van der Waals surface area contributed by atoms with E-state index < -0.39 is 10.0 Å². The van der Waals surface area contributed by atoms with Crippen molar-refractivity contribution in [1.29, 1.82) is 0 Å². The molecule has 0 spiro atoms. The lowest BCUT2D eigenvalue weighted by molar-refractivity contribution is 0.469. The summed E-state index contributed by atoms with van der Waals surface area (Å²) in [6.07, 6.45) is 1.26. The smallest absolute Gasteiger partial charge is 0.276 e. The Bertz CT molecular complexity index is 840. The number of phenolic OH excluding ortho intramolecular Hbond substituents is 1. The lowest BCUT2D eigenvalue weighted by Crippen LogP contribution is -2.20. The molecule has 5 nitrogen and oxygen atoms in total. The van der Waals surface area contributed by atoms with Crippen molar-refractivity contribution in [2.24, 2.45) is 5.10 Å². The van der Waals surface area contributed by atoms with Crippen LogP contribution in [0.1, 0.15) is 23.1 Å². The molecule has 114 valence electrons. The Morgan fingerprint density at radius 1 is 1.09 bits per heavy atom. The van der Waals surface area contributed by atoms with Crippen LogP contribution in [0.3, 0.4) is 0 Å². The molecule has 1 aliphatic carbocycles. The maximum Gasteiger partial charge on any atom is 0.276 e. The molecule has 0 radical (unpaired) electrons. The standard InChI is InChI=1S/C16H16N2O3S/c1-11-5-7-12(8-6-11)22(20,21)18-17-15-10-9-14-13(15)3-2-4-16(14)19/h2-8,18-19H,9-10H2,1H3. The van der Waals surface area contributed by atoms with Gasteiger partial charge in [0.05, 0.1) is 10.6 Å². The predicted molar refractivity (Wildman–Crippen MR) is 84.5 cm³/mol. The van der Waals surface area contributed by atoms with Crippen molar-refractivity contribution in [2.75, 3.05) is 0 Å². The van der Waals surface area contributed by atoms with Gasteiger partial charge < -0.3 is 5.11 Å². The fraction of sp³-hybridized carbons (Fsp3) is 0.188. The van der Waals surface area contributed by atoms with E-state index in [4.69, 9.17) is 0 Å². The number of benzene rings is 2. The van der Waals surface area contributed by atoms with E-state index in [0.717, 1.165) is 16.7 Å². The predicted octanol–water partition coefficient (Wildman–Crippen LogP) is 2.33. The first-order chi connectivity index (χ1) is 10.5. The molecule has 3 rings (SSSR count). The molecule has 0 bridgehead atoms. The van der Waals surface area contributed by atoms with E-state index in [2.05, 4.69) is 9.93 Å². The molecule has 0 unspecified atom stereocenters. The molecule has 0 saturated heterocycles. The summed E-state index contributed by atoms with van der Waals surface area (Å²) in [4.78, 5) is 2.45. The highest BCUT2D eigenvalue weighted by Gasteiger charge is 2.21. The van der Waals surface area contributed by atoms with Crippen LogP contribution in [-0.2, 0) is 16.4 Å². The Morgan fingerprint density at radius 2 is 1.82 bits per heavy atom. The SMILES string of the molecule is Cc1ccc(S(=O)(=O)NN=C2CCc3c(O)cccc32)cc1. The number of aryl methyl sites for hydroxylation is 1. The van der Waals surface area contributed by atoms with E-state index in [0.29, 0.717) is 18.6 Å². The fourth-order valence-electron chi connectivity index (χ4n) is 2.49. The Morgan fingerprint density at radius 3 is 2.55 bits per heavy atom. The maximum absolute atomic E-state index is 12.2. The number of nitrogens with zero attached hydrogens (tertiary/aromatic N) is 1. The zero-order valence-electron chi connectivity index (χ0n) is 12.1. The first-order valence-corrected chi connectivity index (χ1v) is 8.42. The third kappa shape index (κ3) is 2.69. The zero-order valence-corrected chi connectivity index (χ0v) is 12.9. The van der Waals surface area contributed by atoms with Crippen LogP contribution < -0.4 is 4.83 Å². The van der Waals surface area contributed by atoms with Crippen LogP contribution in [0.5, 0.6) is 5.75 Å². The van der Waals surface area contributed by atoms with Crippen LogP contribution in [0.25, 0.3) is 0 Å². The van der Waals surface area contributed by atoms with E-state index in [1.54, 1.807) is 36.4 Å². The summed E-state index contributed by atoms with van der Waals surface area (Å²) < 4.78 is 24.4. The van der Waals surface area contributed by atoms with E-state index in [1.165, 1.54) is 0 Å². The molecule has 0 fully saturated rings. The van der Waals surface area contributed by atoms with Crippen LogP contribution >= 0.6 is 0 Å². The first kappa shape index (κ1) is 14.6.